The summed E-state index contributed by atoms with van der Waals surface area (Å²) in [5.41, 5.74) is -0.669. The molecule has 2 aliphatic carbocycles. The van der Waals surface area contributed by atoms with E-state index in [1.165, 1.54) is 0 Å². The molecule has 264 valence electrons. The number of ether oxygens (including phenoxy) is 1. The Hall–Kier alpha value is -3.76. The van der Waals surface area contributed by atoms with Crippen molar-refractivity contribution >= 4 is 5.83 Å². The van der Waals surface area contributed by atoms with Crippen LogP contribution in [0.5, 0.6) is 5.75 Å². The summed E-state index contributed by atoms with van der Waals surface area (Å²) in [6.07, 6.45) is 3.02. The third kappa shape index (κ3) is 8.35. The molecule has 3 aromatic carbocycles. The Morgan fingerprint density at radius 1 is 0.735 bits per heavy atom. The molecule has 0 aliphatic heterocycles. The third-order valence-corrected chi connectivity index (χ3v) is 9.92. The summed E-state index contributed by atoms with van der Waals surface area (Å²) in [5.74, 6) is -12.1. The van der Waals surface area contributed by atoms with Gasteiger partial charge in [-0.15, -0.1) is 0 Å². The van der Waals surface area contributed by atoms with Crippen LogP contribution in [0.25, 0.3) is 17.0 Å². The van der Waals surface area contributed by atoms with E-state index < -0.39 is 70.3 Å². The number of allylic oxidation sites excluding steroid dienone is 3. The Bertz CT molecular complexity index is 1650. The predicted molar refractivity (Wildman–Crippen MR) is 167 cm³/mol. The van der Waals surface area contributed by atoms with Crippen molar-refractivity contribution in [3.8, 4) is 16.9 Å². The maximum Gasteiger partial charge on any atom is 0.400 e. The van der Waals surface area contributed by atoms with Gasteiger partial charge in [-0.3, -0.25) is 0 Å². The van der Waals surface area contributed by atoms with Crippen LogP contribution in [-0.4, -0.2) is 6.11 Å². The highest BCUT2D eigenvalue weighted by atomic mass is 19.3. The second-order valence-electron chi connectivity index (χ2n) is 13.0. The van der Waals surface area contributed by atoms with Gasteiger partial charge in [0.05, 0.1) is 5.92 Å². The molecule has 0 bridgehead atoms. The molecular formula is C38H36F10O. The largest absolute Gasteiger partial charge is 0.432 e. The van der Waals surface area contributed by atoms with Gasteiger partial charge in [0.2, 0.25) is 0 Å². The number of alkyl halides is 2. The number of halogens is 10. The predicted octanol–water partition coefficient (Wildman–Crippen LogP) is 12.9. The summed E-state index contributed by atoms with van der Waals surface area (Å²) < 4.78 is 149. The van der Waals surface area contributed by atoms with E-state index in [-0.39, 0.29) is 59.8 Å². The van der Waals surface area contributed by atoms with Gasteiger partial charge in [-0.25, -0.2) is 35.1 Å². The van der Waals surface area contributed by atoms with Gasteiger partial charge in [-0.2, -0.15) is 8.78 Å². The van der Waals surface area contributed by atoms with Crippen LogP contribution >= 0.6 is 0 Å². The fourth-order valence-corrected chi connectivity index (χ4v) is 7.30. The minimum Gasteiger partial charge on any atom is -0.432 e. The highest BCUT2D eigenvalue weighted by molar-refractivity contribution is 5.69. The molecule has 11 heteroatoms. The molecule has 0 unspecified atom stereocenters. The van der Waals surface area contributed by atoms with E-state index in [1.807, 2.05) is 0 Å². The molecule has 0 N–H and O–H groups in total. The second-order valence-corrected chi connectivity index (χ2v) is 13.0. The lowest BCUT2D eigenvalue weighted by molar-refractivity contribution is -0.224. The van der Waals surface area contributed by atoms with E-state index in [9.17, 15) is 35.1 Å². The summed E-state index contributed by atoms with van der Waals surface area (Å²) in [7, 11) is 0. The van der Waals surface area contributed by atoms with E-state index in [2.05, 4.69) is 4.74 Å². The Labute approximate surface area is 278 Å². The molecule has 2 saturated carbocycles. The highest BCUT2D eigenvalue weighted by Crippen LogP contribution is 2.48. The molecule has 49 heavy (non-hydrogen) atoms. The molecule has 0 heterocycles. The zero-order valence-electron chi connectivity index (χ0n) is 26.8. The second kappa shape index (κ2) is 15.4. The Balaban J connectivity index is 1.18. The standard InChI is InChI=1S/C38H36F10O/c1-2-3-4-5-29(39)36(45)24-12-15-28(30(40)16-24)25-17-31(41)35(32(42)18-25)23-8-6-21(7-9-23)22-10-13-26(14-11-22)38(47,48)49-27-19-33(43)37(46)34(44)20-27/h2-3,12,15-23,26H,4-11,13-14H2,1H3/b3-2+,36-29+. The van der Waals surface area contributed by atoms with E-state index in [0.717, 1.165) is 30.3 Å². The van der Waals surface area contributed by atoms with Gasteiger partial charge >= 0.3 is 6.11 Å². The average molecular weight is 699 g/mol. The van der Waals surface area contributed by atoms with Gasteiger partial charge in [0.1, 0.15) is 29.0 Å². The SMILES string of the molecule is C/C=C/CC/C(F)=C(\F)c1ccc(-c2cc(F)c(C3CCC(C4CCC(C(F)(F)Oc5cc(F)c(F)c(F)c5)CC4)CC3)c(F)c2)c(F)c1. The first-order valence-electron chi connectivity index (χ1n) is 16.4. The van der Waals surface area contributed by atoms with Crippen molar-refractivity contribution in [3.63, 3.8) is 0 Å². The summed E-state index contributed by atoms with van der Waals surface area (Å²) in [5, 5.41) is 0. The number of hydrogen-bond donors (Lipinski definition) is 0. The van der Waals surface area contributed by atoms with Gasteiger partial charge in [0.25, 0.3) is 0 Å². The number of benzene rings is 3. The fourth-order valence-electron chi connectivity index (χ4n) is 7.30. The van der Waals surface area contributed by atoms with Crippen molar-refractivity contribution in [3.05, 3.63) is 106 Å². The fraction of sp³-hybridized carbons (Fsp3) is 0.421. The first kappa shape index (κ1) is 36.5. The first-order chi connectivity index (χ1) is 23.3. The Morgan fingerprint density at radius 3 is 1.86 bits per heavy atom. The average Bonchev–Trinajstić information content (AvgIpc) is 3.06. The molecule has 2 aliphatic rings. The zero-order valence-corrected chi connectivity index (χ0v) is 26.8. The lowest BCUT2D eigenvalue weighted by Crippen LogP contribution is -2.38. The molecule has 0 radical (unpaired) electrons. The van der Waals surface area contributed by atoms with Crippen LogP contribution in [0.4, 0.5) is 43.9 Å². The van der Waals surface area contributed by atoms with E-state index in [1.54, 1.807) is 19.1 Å². The maximum absolute atomic E-state index is 15.4. The van der Waals surface area contributed by atoms with E-state index in [0.29, 0.717) is 50.7 Å². The molecule has 5 rings (SSSR count). The summed E-state index contributed by atoms with van der Waals surface area (Å²) in [4.78, 5) is 0. The monoisotopic (exact) mass is 698 g/mol. The zero-order chi connectivity index (χ0) is 35.5. The van der Waals surface area contributed by atoms with Crippen LogP contribution in [0, 0.1) is 52.7 Å². The normalized spacial score (nSPS) is 22.3. The van der Waals surface area contributed by atoms with Crippen molar-refractivity contribution in [1.29, 1.82) is 0 Å². The smallest absolute Gasteiger partial charge is 0.400 e. The quantitative estimate of drug-likeness (QED) is 0.116. The lowest BCUT2D eigenvalue weighted by Gasteiger charge is -2.39. The highest BCUT2D eigenvalue weighted by Gasteiger charge is 2.45. The molecule has 0 amide bonds. The van der Waals surface area contributed by atoms with Crippen molar-refractivity contribution in [2.75, 3.05) is 0 Å². The molecule has 0 saturated heterocycles. The van der Waals surface area contributed by atoms with Gasteiger partial charge in [0.15, 0.2) is 23.3 Å². The lowest BCUT2D eigenvalue weighted by atomic mass is 9.68. The molecule has 0 atom stereocenters. The van der Waals surface area contributed by atoms with Gasteiger partial charge in [0, 0.05) is 35.2 Å². The maximum atomic E-state index is 15.4. The van der Waals surface area contributed by atoms with Crippen molar-refractivity contribution < 1.29 is 48.6 Å². The molecule has 0 aromatic heterocycles. The van der Waals surface area contributed by atoms with Crippen LogP contribution in [0.15, 0.2) is 60.4 Å². The summed E-state index contributed by atoms with van der Waals surface area (Å²) >= 11 is 0. The van der Waals surface area contributed by atoms with Crippen LogP contribution in [0.2, 0.25) is 0 Å². The molecule has 0 spiro atoms. The Kier molecular flexibility index (Phi) is 11.5. The first-order valence-corrected chi connectivity index (χ1v) is 16.4. The molecule has 1 nitrogen and oxygen atoms in total. The molecular weight excluding hydrogens is 662 g/mol. The van der Waals surface area contributed by atoms with E-state index in [4.69, 9.17) is 0 Å². The van der Waals surface area contributed by atoms with Crippen molar-refractivity contribution in [2.24, 2.45) is 17.8 Å². The topological polar surface area (TPSA) is 9.23 Å². The molecule has 2 fully saturated rings. The molecule has 3 aromatic rings. The van der Waals surface area contributed by atoms with Gasteiger partial charge in [-0.05, 0) is 106 Å². The van der Waals surface area contributed by atoms with Crippen LogP contribution in [-0.2, 0) is 0 Å². The summed E-state index contributed by atoms with van der Waals surface area (Å²) in [6, 6.07) is 5.92. The Morgan fingerprint density at radius 2 is 1.31 bits per heavy atom. The van der Waals surface area contributed by atoms with Crippen LogP contribution in [0.3, 0.4) is 0 Å². The van der Waals surface area contributed by atoms with Gasteiger partial charge < -0.3 is 4.74 Å². The minimum atomic E-state index is -3.72. The van der Waals surface area contributed by atoms with Gasteiger partial charge in [-0.1, -0.05) is 24.3 Å². The number of rotatable bonds is 10. The van der Waals surface area contributed by atoms with Crippen LogP contribution in [0.1, 0.15) is 88.2 Å². The third-order valence-electron chi connectivity index (χ3n) is 9.92. The van der Waals surface area contributed by atoms with Crippen molar-refractivity contribution in [1.82, 2.24) is 0 Å². The minimum absolute atomic E-state index is 0.0818. The van der Waals surface area contributed by atoms with Crippen LogP contribution < -0.4 is 4.74 Å². The van der Waals surface area contributed by atoms with E-state index >= 15 is 8.78 Å². The number of hydrogen-bond acceptors (Lipinski definition) is 1. The van der Waals surface area contributed by atoms with Crippen molar-refractivity contribution in [2.45, 2.75) is 83.2 Å². The summed E-state index contributed by atoms with van der Waals surface area (Å²) in [6.45, 7) is 1.75.